The molecule has 0 aromatic carbocycles. The lowest BCUT2D eigenvalue weighted by Crippen LogP contribution is -2.49. The van der Waals surface area contributed by atoms with Crippen LogP contribution in [0.15, 0.2) is 0 Å². The zero-order valence-electron chi connectivity index (χ0n) is 11.6. The Labute approximate surface area is 112 Å². The van der Waals surface area contributed by atoms with Gasteiger partial charge in [0, 0.05) is 27.3 Å². The summed E-state index contributed by atoms with van der Waals surface area (Å²) in [5.74, 6) is -0.704. The van der Waals surface area contributed by atoms with Crippen molar-refractivity contribution >= 4 is 17.7 Å². The summed E-state index contributed by atoms with van der Waals surface area (Å²) in [6, 6.07) is -1.12. The van der Waals surface area contributed by atoms with Crippen LogP contribution in [0.1, 0.15) is 19.8 Å². The van der Waals surface area contributed by atoms with Gasteiger partial charge < -0.3 is 10.1 Å². The highest BCUT2D eigenvalue weighted by atomic mass is 16.5. The van der Waals surface area contributed by atoms with Crippen molar-refractivity contribution in [2.75, 3.05) is 27.3 Å². The minimum Gasteiger partial charge on any atom is -0.385 e. The first-order valence-electron chi connectivity index (χ1n) is 6.30. The van der Waals surface area contributed by atoms with Crippen LogP contribution in [0.2, 0.25) is 0 Å². The highest BCUT2D eigenvalue weighted by Gasteiger charge is 2.37. The van der Waals surface area contributed by atoms with Crippen LogP contribution in [0, 0.1) is 0 Å². The van der Waals surface area contributed by atoms with E-state index in [9.17, 15) is 14.4 Å². The third-order valence-corrected chi connectivity index (χ3v) is 3.05. The molecule has 0 saturated carbocycles. The number of likely N-dealkylation sites (tertiary alicyclic amines) is 1. The van der Waals surface area contributed by atoms with E-state index in [0.717, 1.165) is 11.3 Å². The Hall–Kier alpha value is -1.47. The Morgan fingerprint density at radius 1 is 1.53 bits per heavy atom. The predicted octanol–water partition coefficient (Wildman–Crippen LogP) is -1.13. The van der Waals surface area contributed by atoms with Crippen LogP contribution < -0.4 is 10.6 Å². The summed E-state index contributed by atoms with van der Waals surface area (Å²) >= 11 is 0. The summed E-state index contributed by atoms with van der Waals surface area (Å²) in [5.41, 5.74) is 0. The third-order valence-electron chi connectivity index (χ3n) is 3.05. The number of likely N-dealkylation sites (N-methyl/N-ethyl adjacent to an activating group) is 1. The van der Waals surface area contributed by atoms with Crippen LogP contribution in [0.3, 0.4) is 0 Å². The Morgan fingerprint density at radius 3 is 2.74 bits per heavy atom. The van der Waals surface area contributed by atoms with Crippen molar-refractivity contribution in [3.8, 4) is 0 Å². The summed E-state index contributed by atoms with van der Waals surface area (Å²) < 4.78 is 4.87. The van der Waals surface area contributed by atoms with Gasteiger partial charge in [0.05, 0.1) is 18.5 Å². The zero-order chi connectivity index (χ0) is 14.4. The number of rotatable bonds is 7. The Bertz CT molecular complexity index is 359. The molecule has 0 aromatic rings. The van der Waals surface area contributed by atoms with Crippen molar-refractivity contribution < 1.29 is 19.1 Å². The average molecular weight is 271 g/mol. The molecule has 2 unspecified atom stereocenters. The second kappa shape index (κ2) is 7.20. The van der Waals surface area contributed by atoms with Crippen molar-refractivity contribution in [1.29, 1.82) is 0 Å². The second-order valence-electron chi connectivity index (χ2n) is 4.57. The van der Waals surface area contributed by atoms with Gasteiger partial charge in [-0.1, -0.05) is 0 Å². The molecule has 1 saturated heterocycles. The lowest BCUT2D eigenvalue weighted by Gasteiger charge is -2.17. The Morgan fingerprint density at radius 2 is 2.21 bits per heavy atom. The smallest absolute Gasteiger partial charge is 0.246 e. The molecule has 0 bridgehead atoms. The van der Waals surface area contributed by atoms with Crippen LogP contribution in [0.25, 0.3) is 0 Å². The molecule has 1 aliphatic rings. The Kier molecular flexibility index (Phi) is 5.91. The third kappa shape index (κ3) is 4.29. The summed E-state index contributed by atoms with van der Waals surface area (Å²) in [4.78, 5) is 35.8. The standard InChI is InChI=1S/C12H21N3O4/c1-8(11(17)13-5-4-6-19-3)14-9-7-10(16)15(2)12(9)18/h8-9,14H,4-7H2,1-3H3,(H,13,17). The van der Waals surface area contributed by atoms with Crippen LogP contribution in [0.4, 0.5) is 0 Å². The van der Waals surface area contributed by atoms with E-state index in [1.165, 1.54) is 7.05 Å². The van der Waals surface area contributed by atoms with E-state index < -0.39 is 12.1 Å². The number of nitrogens with one attached hydrogen (secondary N) is 2. The van der Waals surface area contributed by atoms with Gasteiger partial charge in [0.1, 0.15) is 0 Å². The van der Waals surface area contributed by atoms with Crippen molar-refractivity contribution in [2.45, 2.75) is 31.8 Å². The molecule has 7 nitrogen and oxygen atoms in total. The predicted molar refractivity (Wildman–Crippen MR) is 68.3 cm³/mol. The van der Waals surface area contributed by atoms with E-state index in [4.69, 9.17) is 4.74 Å². The molecule has 0 aromatic heterocycles. The lowest BCUT2D eigenvalue weighted by atomic mass is 10.2. The number of carbonyl (C=O) groups is 3. The summed E-state index contributed by atoms with van der Waals surface area (Å²) in [6.07, 6.45) is 0.842. The number of hydrogen-bond donors (Lipinski definition) is 2. The molecule has 0 aliphatic carbocycles. The lowest BCUT2D eigenvalue weighted by molar-refractivity contribution is -0.137. The van der Waals surface area contributed by atoms with Gasteiger partial charge in [-0.2, -0.15) is 0 Å². The van der Waals surface area contributed by atoms with Gasteiger partial charge in [0.15, 0.2) is 0 Å². The first kappa shape index (κ1) is 15.6. The summed E-state index contributed by atoms with van der Waals surface area (Å²) in [5, 5.41) is 5.61. The number of nitrogens with zero attached hydrogens (tertiary/aromatic N) is 1. The van der Waals surface area contributed by atoms with Gasteiger partial charge in [-0.3, -0.25) is 24.6 Å². The van der Waals surface area contributed by atoms with Crippen molar-refractivity contribution in [3.05, 3.63) is 0 Å². The van der Waals surface area contributed by atoms with Gasteiger partial charge in [0.2, 0.25) is 17.7 Å². The molecule has 1 rings (SSSR count). The number of carbonyl (C=O) groups excluding carboxylic acids is 3. The zero-order valence-corrected chi connectivity index (χ0v) is 11.6. The molecule has 1 fully saturated rings. The molecular weight excluding hydrogens is 250 g/mol. The minimum absolute atomic E-state index is 0.108. The first-order chi connectivity index (χ1) is 8.97. The van der Waals surface area contributed by atoms with E-state index >= 15 is 0 Å². The van der Waals surface area contributed by atoms with E-state index in [1.807, 2.05) is 0 Å². The van der Waals surface area contributed by atoms with E-state index in [2.05, 4.69) is 10.6 Å². The minimum atomic E-state index is -0.600. The first-order valence-corrected chi connectivity index (χ1v) is 6.30. The normalized spacial score (nSPS) is 20.8. The fourth-order valence-electron chi connectivity index (χ4n) is 1.84. The molecule has 19 heavy (non-hydrogen) atoms. The molecule has 0 spiro atoms. The van der Waals surface area contributed by atoms with E-state index in [1.54, 1.807) is 14.0 Å². The molecule has 2 N–H and O–H groups in total. The maximum absolute atomic E-state index is 11.7. The van der Waals surface area contributed by atoms with Crippen LogP contribution in [-0.2, 0) is 19.1 Å². The van der Waals surface area contributed by atoms with Gasteiger partial charge in [-0.15, -0.1) is 0 Å². The maximum atomic E-state index is 11.7. The highest BCUT2D eigenvalue weighted by molar-refractivity contribution is 6.05. The van der Waals surface area contributed by atoms with Gasteiger partial charge in [-0.25, -0.2) is 0 Å². The van der Waals surface area contributed by atoms with Crippen LogP contribution in [-0.4, -0.2) is 62.0 Å². The highest BCUT2D eigenvalue weighted by Crippen LogP contribution is 2.11. The molecule has 3 amide bonds. The number of hydrogen-bond acceptors (Lipinski definition) is 5. The van der Waals surface area contributed by atoms with Gasteiger partial charge >= 0.3 is 0 Å². The largest absolute Gasteiger partial charge is 0.385 e. The van der Waals surface area contributed by atoms with Crippen LogP contribution >= 0.6 is 0 Å². The van der Waals surface area contributed by atoms with E-state index in [-0.39, 0.29) is 24.1 Å². The number of imide groups is 1. The summed E-state index contributed by atoms with van der Waals surface area (Å²) in [7, 11) is 3.05. The van der Waals surface area contributed by atoms with Gasteiger partial charge in [0.25, 0.3) is 0 Å². The summed E-state index contributed by atoms with van der Waals surface area (Å²) in [6.45, 7) is 2.78. The average Bonchev–Trinajstić information content (AvgIpc) is 2.62. The molecule has 108 valence electrons. The van der Waals surface area contributed by atoms with Crippen molar-refractivity contribution in [3.63, 3.8) is 0 Å². The van der Waals surface area contributed by atoms with E-state index in [0.29, 0.717) is 13.2 Å². The SMILES string of the molecule is COCCCNC(=O)C(C)NC1CC(=O)N(C)C1=O. The fourth-order valence-corrected chi connectivity index (χ4v) is 1.84. The quantitative estimate of drug-likeness (QED) is 0.452. The molecule has 0 radical (unpaired) electrons. The molecule has 7 heteroatoms. The Balaban J connectivity index is 2.34. The topological polar surface area (TPSA) is 87.7 Å². The number of methoxy groups -OCH3 is 1. The van der Waals surface area contributed by atoms with Crippen molar-refractivity contribution in [1.82, 2.24) is 15.5 Å². The number of amides is 3. The molecule has 2 atom stereocenters. The molecule has 1 heterocycles. The molecule has 1 aliphatic heterocycles. The monoisotopic (exact) mass is 271 g/mol. The second-order valence-corrected chi connectivity index (χ2v) is 4.57. The molecular formula is C12H21N3O4. The van der Waals surface area contributed by atoms with Crippen molar-refractivity contribution in [2.24, 2.45) is 0 Å². The van der Waals surface area contributed by atoms with Gasteiger partial charge in [-0.05, 0) is 13.3 Å². The number of ether oxygens (including phenoxy) is 1. The fraction of sp³-hybridized carbons (Fsp3) is 0.750. The van der Waals surface area contributed by atoms with Crippen LogP contribution in [0.5, 0.6) is 0 Å². The maximum Gasteiger partial charge on any atom is 0.246 e.